The van der Waals surface area contributed by atoms with E-state index in [1.54, 1.807) is 11.9 Å². The molecule has 0 aliphatic carbocycles. The van der Waals surface area contributed by atoms with Crippen molar-refractivity contribution >= 4 is 11.8 Å². The Bertz CT molecular complexity index is 735. The van der Waals surface area contributed by atoms with Crippen LogP contribution in [0.1, 0.15) is 22.6 Å². The number of aromatic nitrogens is 1. The zero-order valence-electron chi connectivity index (χ0n) is 14.2. The zero-order valence-corrected chi connectivity index (χ0v) is 14.2. The van der Waals surface area contributed by atoms with Crippen LogP contribution in [0.3, 0.4) is 0 Å². The van der Waals surface area contributed by atoms with Gasteiger partial charge in [-0.1, -0.05) is 35.5 Å². The molecule has 1 fully saturated rings. The Kier molecular flexibility index (Phi) is 4.38. The fraction of sp³-hybridized carbons (Fsp3) is 0.389. The Morgan fingerprint density at radius 3 is 2.54 bits per heavy atom. The average molecular weight is 327 g/mol. The summed E-state index contributed by atoms with van der Waals surface area (Å²) in [7, 11) is 1.67. The predicted octanol–water partition coefficient (Wildman–Crippen LogP) is 1.70. The lowest BCUT2D eigenvalue weighted by Gasteiger charge is -2.39. The van der Waals surface area contributed by atoms with Crippen molar-refractivity contribution in [3.8, 4) is 0 Å². The van der Waals surface area contributed by atoms with Gasteiger partial charge in [-0.2, -0.15) is 0 Å². The number of nitrogens with zero attached hydrogens (tertiary/aromatic N) is 3. The lowest BCUT2D eigenvalue weighted by atomic mass is 10.00. The monoisotopic (exact) mass is 327 g/mol. The third-order valence-electron chi connectivity index (χ3n) is 4.51. The van der Waals surface area contributed by atoms with Crippen LogP contribution in [0.15, 0.2) is 34.9 Å². The number of amides is 2. The van der Waals surface area contributed by atoms with Gasteiger partial charge in [-0.25, -0.2) is 0 Å². The Hall–Kier alpha value is -2.63. The lowest BCUT2D eigenvalue weighted by Crippen LogP contribution is -2.59. The maximum absolute atomic E-state index is 12.7. The van der Waals surface area contributed by atoms with Gasteiger partial charge in [0.25, 0.3) is 0 Å². The first kappa shape index (κ1) is 16.2. The molecule has 24 heavy (non-hydrogen) atoms. The van der Waals surface area contributed by atoms with Crippen LogP contribution in [0.25, 0.3) is 0 Å². The first-order valence-corrected chi connectivity index (χ1v) is 7.97. The fourth-order valence-corrected chi connectivity index (χ4v) is 3.06. The van der Waals surface area contributed by atoms with E-state index in [-0.39, 0.29) is 18.4 Å². The summed E-state index contributed by atoms with van der Waals surface area (Å²) in [6.45, 7) is 4.12. The van der Waals surface area contributed by atoms with Crippen LogP contribution in [0.4, 0.5) is 0 Å². The van der Waals surface area contributed by atoms with Crippen LogP contribution in [0.2, 0.25) is 0 Å². The molecule has 6 nitrogen and oxygen atoms in total. The molecule has 0 radical (unpaired) electrons. The van der Waals surface area contributed by atoms with E-state index in [2.05, 4.69) is 5.16 Å². The Labute approximate surface area is 141 Å². The highest BCUT2D eigenvalue weighted by Crippen LogP contribution is 2.22. The van der Waals surface area contributed by atoms with Crippen LogP contribution in [-0.2, 0) is 22.6 Å². The van der Waals surface area contributed by atoms with Gasteiger partial charge in [-0.15, -0.1) is 0 Å². The molecule has 126 valence electrons. The molecule has 2 aromatic rings. The van der Waals surface area contributed by atoms with Gasteiger partial charge >= 0.3 is 0 Å². The number of hydrogen-bond donors (Lipinski definition) is 0. The Balaban J connectivity index is 1.90. The second kappa shape index (κ2) is 6.47. The molecule has 0 bridgehead atoms. The fourth-order valence-electron chi connectivity index (χ4n) is 3.06. The van der Waals surface area contributed by atoms with Crippen molar-refractivity contribution in [2.24, 2.45) is 0 Å². The molecule has 1 atom stereocenters. The number of hydrogen-bond acceptors (Lipinski definition) is 4. The highest BCUT2D eigenvalue weighted by Gasteiger charge is 2.38. The smallest absolute Gasteiger partial charge is 0.245 e. The first-order chi connectivity index (χ1) is 11.5. The molecule has 0 unspecified atom stereocenters. The van der Waals surface area contributed by atoms with Crippen LogP contribution in [0.5, 0.6) is 0 Å². The molecule has 2 heterocycles. The summed E-state index contributed by atoms with van der Waals surface area (Å²) in [6, 6.07) is 9.25. The summed E-state index contributed by atoms with van der Waals surface area (Å²) >= 11 is 0. The topological polar surface area (TPSA) is 66.7 Å². The standard InChI is InChI=1S/C18H21N3O3/c1-12-15(13(2)24-19-12)10-21-16(9-14-7-5-4-6-8-14)18(23)20(3)11-17(21)22/h4-8,16H,9-11H2,1-3H3/t16-/m1/s1. The first-order valence-electron chi connectivity index (χ1n) is 7.97. The van der Waals surface area contributed by atoms with Crippen LogP contribution in [-0.4, -0.2) is 46.4 Å². The van der Waals surface area contributed by atoms with Crippen LogP contribution in [0, 0.1) is 13.8 Å². The second-order valence-corrected chi connectivity index (χ2v) is 6.22. The number of carbonyl (C=O) groups excluding carboxylic acids is 2. The van der Waals surface area contributed by atoms with Gasteiger partial charge in [-0.3, -0.25) is 9.59 Å². The predicted molar refractivity (Wildman–Crippen MR) is 88.1 cm³/mol. The maximum Gasteiger partial charge on any atom is 0.245 e. The van der Waals surface area contributed by atoms with Gasteiger partial charge < -0.3 is 14.3 Å². The summed E-state index contributed by atoms with van der Waals surface area (Å²) in [5, 5.41) is 3.94. The maximum atomic E-state index is 12.7. The molecule has 1 aliphatic heterocycles. The van der Waals surface area contributed by atoms with E-state index < -0.39 is 6.04 Å². The minimum atomic E-state index is -0.507. The largest absolute Gasteiger partial charge is 0.361 e. The van der Waals surface area contributed by atoms with Crippen molar-refractivity contribution < 1.29 is 14.1 Å². The van der Waals surface area contributed by atoms with Crippen molar-refractivity contribution in [1.82, 2.24) is 15.0 Å². The molecule has 6 heteroatoms. The normalized spacial score (nSPS) is 18.4. The van der Waals surface area contributed by atoms with Gasteiger partial charge in [-0.05, 0) is 19.4 Å². The third kappa shape index (κ3) is 3.04. The van der Waals surface area contributed by atoms with Gasteiger partial charge in [0.1, 0.15) is 11.8 Å². The van der Waals surface area contributed by atoms with E-state index in [0.717, 1.165) is 16.8 Å². The van der Waals surface area contributed by atoms with E-state index in [1.807, 2.05) is 44.2 Å². The summed E-state index contributed by atoms with van der Waals surface area (Å²) in [5.74, 6) is 0.591. The summed E-state index contributed by atoms with van der Waals surface area (Å²) in [6.07, 6.45) is 0.499. The molecule has 2 amide bonds. The Morgan fingerprint density at radius 2 is 1.92 bits per heavy atom. The van der Waals surface area contributed by atoms with Crippen molar-refractivity contribution in [2.75, 3.05) is 13.6 Å². The Morgan fingerprint density at radius 1 is 1.21 bits per heavy atom. The van der Waals surface area contributed by atoms with E-state index in [9.17, 15) is 9.59 Å². The molecule has 1 aromatic heterocycles. The number of aryl methyl sites for hydroxylation is 2. The summed E-state index contributed by atoms with van der Waals surface area (Å²) < 4.78 is 5.19. The van der Waals surface area contributed by atoms with Crippen molar-refractivity contribution in [2.45, 2.75) is 32.9 Å². The quantitative estimate of drug-likeness (QED) is 0.857. The second-order valence-electron chi connectivity index (χ2n) is 6.22. The zero-order chi connectivity index (χ0) is 17.3. The van der Waals surface area contributed by atoms with E-state index in [1.165, 1.54) is 4.90 Å². The van der Waals surface area contributed by atoms with Crippen molar-refractivity contribution in [1.29, 1.82) is 0 Å². The van der Waals surface area contributed by atoms with Gasteiger partial charge in [0.05, 0.1) is 18.8 Å². The van der Waals surface area contributed by atoms with Gasteiger partial charge in [0, 0.05) is 19.0 Å². The van der Waals surface area contributed by atoms with E-state index in [4.69, 9.17) is 4.52 Å². The van der Waals surface area contributed by atoms with E-state index >= 15 is 0 Å². The highest BCUT2D eigenvalue weighted by atomic mass is 16.5. The molecule has 0 spiro atoms. The minimum absolute atomic E-state index is 0.0368. The highest BCUT2D eigenvalue weighted by molar-refractivity contribution is 5.94. The number of likely N-dealkylation sites (N-methyl/N-ethyl adjacent to an activating group) is 1. The molecule has 3 rings (SSSR count). The van der Waals surface area contributed by atoms with Gasteiger partial charge in [0.15, 0.2) is 0 Å². The third-order valence-corrected chi connectivity index (χ3v) is 4.51. The van der Waals surface area contributed by atoms with Crippen molar-refractivity contribution in [3.05, 3.63) is 52.9 Å². The summed E-state index contributed by atoms with van der Waals surface area (Å²) in [5.41, 5.74) is 2.66. The minimum Gasteiger partial charge on any atom is -0.361 e. The van der Waals surface area contributed by atoms with Gasteiger partial charge in [0.2, 0.25) is 11.8 Å². The molecule has 1 saturated heterocycles. The molecule has 0 saturated carbocycles. The SMILES string of the molecule is Cc1noc(C)c1CN1C(=O)CN(C)C(=O)[C@H]1Cc1ccccc1. The number of benzene rings is 1. The van der Waals surface area contributed by atoms with E-state index in [0.29, 0.717) is 18.7 Å². The number of rotatable bonds is 4. The molecule has 1 aromatic carbocycles. The molecular weight excluding hydrogens is 306 g/mol. The molecule has 0 N–H and O–H groups in total. The van der Waals surface area contributed by atoms with Crippen LogP contribution < -0.4 is 0 Å². The van der Waals surface area contributed by atoms with Crippen LogP contribution >= 0.6 is 0 Å². The molecule has 1 aliphatic rings. The van der Waals surface area contributed by atoms with Crippen molar-refractivity contribution in [3.63, 3.8) is 0 Å². The summed E-state index contributed by atoms with van der Waals surface area (Å²) in [4.78, 5) is 28.4. The molecular formula is C18H21N3O3. The number of piperazine rings is 1. The number of carbonyl (C=O) groups is 2. The average Bonchev–Trinajstić information content (AvgIpc) is 2.88. The lowest BCUT2D eigenvalue weighted by molar-refractivity contribution is -0.155.